The van der Waals surface area contributed by atoms with Gasteiger partial charge in [-0.3, -0.25) is 0 Å². The number of ether oxygens (including phenoxy) is 1. The van der Waals surface area contributed by atoms with Gasteiger partial charge in [-0.05, 0) is 26.3 Å². The SMILES string of the molecule is COC(C)CC1(CO)CCNC1. The Bertz CT molecular complexity index is 132. The lowest BCUT2D eigenvalue weighted by Gasteiger charge is -2.28. The molecular weight excluding hydrogens is 154 g/mol. The van der Waals surface area contributed by atoms with Gasteiger partial charge in [-0.1, -0.05) is 0 Å². The van der Waals surface area contributed by atoms with E-state index in [0.29, 0.717) is 0 Å². The fourth-order valence-electron chi connectivity index (χ4n) is 1.86. The molecule has 2 N–H and O–H groups in total. The minimum atomic E-state index is 0.0788. The van der Waals surface area contributed by atoms with E-state index in [1.165, 1.54) is 0 Å². The van der Waals surface area contributed by atoms with Crippen molar-refractivity contribution in [3.63, 3.8) is 0 Å². The summed E-state index contributed by atoms with van der Waals surface area (Å²) < 4.78 is 5.20. The zero-order valence-electron chi connectivity index (χ0n) is 7.97. The molecule has 2 atom stereocenters. The highest BCUT2D eigenvalue weighted by Crippen LogP contribution is 2.30. The van der Waals surface area contributed by atoms with Gasteiger partial charge in [0.15, 0.2) is 0 Å². The van der Waals surface area contributed by atoms with Crippen LogP contribution in [0.2, 0.25) is 0 Å². The van der Waals surface area contributed by atoms with Crippen LogP contribution in [-0.2, 0) is 4.74 Å². The third-order valence-electron chi connectivity index (χ3n) is 2.79. The highest BCUT2D eigenvalue weighted by Gasteiger charge is 2.34. The van der Waals surface area contributed by atoms with Crippen molar-refractivity contribution in [3.05, 3.63) is 0 Å². The van der Waals surface area contributed by atoms with Crippen molar-refractivity contribution in [2.45, 2.75) is 25.9 Å². The van der Waals surface area contributed by atoms with Gasteiger partial charge < -0.3 is 15.2 Å². The molecule has 1 fully saturated rings. The number of aliphatic hydroxyl groups is 1. The molecule has 1 aliphatic rings. The Hall–Kier alpha value is -0.120. The van der Waals surface area contributed by atoms with E-state index in [1.807, 2.05) is 0 Å². The molecule has 3 heteroatoms. The van der Waals surface area contributed by atoms with E-state index >= 15 is 0 Å². The van der Waals surface area contributed by atoms with E-state index in [1.54, 1.807) is 7.11 Å². The van der Waals surface area contributed by atoms with Gasteiger partial charge in [0, 0.05) is 19.1 Å². The van der Waals surface area contributed by atoms with Crippen LogP contribution in [0.15, 0.2) is 0 Å². The molecule has 0 aliphatic carbocycles. The number of nitrogens with one attached hydrogen (secondary N) is 1. The molecule has 0 aromatic carbocycles. The van der Waals surface area contributed by atoms with Gasteiger partial charge >= 0.3 is 0 Å². The van der Waals surface area contributed by atoms with Crippen LogP contribution >= 0.6 is 0 Å². The van der Waals surface area contributed by atoms with Gasteiger partial charge in [0.1, 0.15) is 0 Å². The van der Waals surface area contributed by atoms with Crippen LogP contribution in [0.3, 0.4) is 0 Å². The quantitative estimate of drug-likeness (QED) is 0.646. The van der Waals surface area contributed by atoms with Crippen LogP contribution < -0.4 is 5.32 Å². The van der Waals surface area contributed by atoms with Crippen LogP contribution in [0.4, 0.5) is 0 Å². The highest BCUT2D eigenvalue weighted by atomic mass is 16.5. The number of rotatable bonds is 4. The van der Waals surface area contributed by atoms with E-state index in [0.717, 1.165) is 25.9 Å². The van der Waals surface area contributed by atoms with Crippen LogP contribution in [0.5, 0.6) is 0 Å². The van der Waals surface area contributed by atoms with Crippen LogP contribution in [0.1, 0.15) is 19.8 Å². The third-order valence-corrected chi connectivity index (χ3v) is 2.79. The molecule has 12 heavy (non-hydrogen) atoms. The van der Waals surface area contributed by atoms with Gasteiger partial charge in [-0.2, -0.15) is 0 Å². The smallest absolute Gasteiger partial charge is 0.0549 e. The molecule has 72 valence electrons. The molecule has 0 bridgehead atoms. The Balaban J connectivity index is 2.43. The van der Waals surface area contributed by atoms with Gasteiger partial charge in [-0.25, -0.2) is 0 Å². The molecule has 0 aromatic heterocycles. The summed E-state index contributed by atoms with van der Waals surface area (Å²) in [4.78, 5) is 0. The maximum Gasteiger partial charge on any atom is 0.0549 e. The molecule has 1 aliphatic heterocycles. The minimum absolute atomic E-state index is 0.0788. The van der Waals surface area contributed by atoms with E-state index in [2.05, 4.69) is 12.2 Å². The summed E-state index contributed by atoms with van der Waals surface area (Å²) in [6.45, 7) is 4.28. The Morgan fingerprint density at radius 1 is 1.67 bits per heavy atom. The van der Waals surface area contributed by atoms with E-state index in [-0.39, 0.29) is 18.1 Å². The molecule has 0 aromatic rings. The first kappa shape index (κ1) is 9.96. The molecule has 0 spiro atoms. The average Bonchev–Trinajstić information content (AvgIpc) is 2.54. The first-order valence-electron chi connectivity index (χ1n) is 4.57. The first-order valence-corrected chi connectivity index (χ1v) is 4.57. The molecule has 1 saturated heterocycles. The zero-order chi connectivity index (χ0) is 9.03. The van der Waals surface area contributed by atoms with Gasteiger partial charge in [0.05, 0.1) is 12.7 Å². The average molecular weight is 173 g/mol. The monoisotopic (exact) mass is 173 g/mol. The Morgan fingerprint density at radius 2 is 2.42 bits per heavy atom. The summed E-state index contributed by atoms with van der Waals surface area (Å²) in [7, 11) is 1.72. The fourth-order valence-corrected chi connectivity index (χ4v) is 1.86. The van der Waals surface area contributed by atoms with Gasteiger partial charge in [-0.15, -0.1) is 0 Å². The predicted octanol–water partition coefficient (Wildman–Crippen LogP) is 0.383. The highest BCUT2D eigenvalue weighted by molar-refractivity contribution is 4.88. The number of hydrogen-bond donors (Lipinski definition) is 2. The maximum atomic E-state index is 9.27. The topological polar surface area (TPSA) is 41.5 Å². The van der Waals surface area contributed by atoms with Crippen molar-refractivity contribution in [1.82, 2.24) is 5.32 Å². The van der Waals surface area contributed by atoms with E-state index in [9.17, 15) is 5.11 Å². The molecule has 3 nitrogen and oxygen atoms in total. The molecule has 0 saturated carbocycles. The summed E-state index contributed by atoms with van der Waals surface area (Å²) in [5.74, 6) is 0. The van der Waals surface area contributed by atoms with E-state index in [4.69, 9.17) is 4.74 Å². The first-order chi connectivity index (χ1) is 5.72. The summed E-state index contributed by atoms with van der Waals surface area (Å²) in [5.41, 5.74) is 0.0788. The van der Waals surface area contributed by atoms with Crippen molar-refractivity contribution in [2.75, 3.05) is 26.8 Å². The van der Waals surface area contributed by atoms with Crippen molar-refractivity contribution >= 4 is 0 Å². The Morgan fingerprint density at radius 3 is 2.83 bits per heavy atom. The van der Waals surface area contributed by atoms with Gasteiger partial charge in [0.25, 0.3) is 0 Å². The summed E-state index contributed by atoms with van der Waals surface area (Å²) in [6, 6.07) is 0. The second-order valence-corrected chi connectivity index (χ2v) is 3.84. The standard InChI is InChI=1S/C9H19NO2/c1-8(12-2)5-9(7-11)3-4-10-6-9/h8,10-11H,3-7H2,1-2H3. The van der Waals surface area contributed by atoms with Crippen LogP contribution in [0, 0.1) is 5.41 Å². The van der Waals surface area contributed by atoms with Crippen LogP contribution in [0.25, 0.3) is 0 Å². The summed E-state index contributed by atoms with van der Waals surface area (Å²) in [5, 5.41) is 12.5. The largest absolute Gasteiger partial charge is 0.396 e. The van der Waals surface area contributed by atoms with Crippen molar-refractivity contribution in [1.29, 1.82) is 0 Å². The lowest BCUT2D eigenvalue weighted by atomic mass is 9.82. The summed E-state index contributed by atoms with van der Waals surface area (Å²) >= 11 is 0. The van der Waals surface area contributed by atoms with Gasteiger partial charge in [0.2, 0.25) is 0 Å². The summed E-state index contributed by atoms with van der Waals surface area (Å²) in [6.07, 6.45) is 2.27. The minimum Gasteiger partial charge on any atom is -0.396 e. The second kappa shape index (κ2) is 4.21. The van der Waals surface area contributed by atoms with Crippen molar-refractivity contribution in [3.8, 4) is 0 Å². The second-order valence-electron chi connectivity index (χ2n) is 3.84. The predicted molar refractivity (Wildman–Crippen MR) is 48.1 cm³/mol. The molecule has 1 rings (SSSR count). The lowest BCUT2D eigenvalue weighted by Crippen LogP contribution is -2.32. The Kier molecular flexibility index (Phi) is 3.50. The fraction of sp³-hybridized carbons (Fsp3) is 1.00. The Labute approximate surface area is 74.1 Å². The third kappa shape index (κ3) is 2.19. The molecular formula is C9H19NO2. The molecule has 1 heterocycles. The number of hydrogen-bond acceptors (Lipinski definition) is 3. The lowest BCUT2D eigenvalue weighted by molar-refractivity contribution is 0.0417. The maximum absolute atomic E-state index is 9.27. The van der Waals surface area contributed by atoms with E-state index < -0.39 is 0 Å². The zero-order valence-corrected chi connectivity index (χ0v) is 7.97. The number of methoxy groups -OCH3 is 1. The molecule has 0 radical (unpaired) electrons. The molecule has 2 unspecified atom stereocenters. The van der Waals surface area contributed by atoms with Crippen LogP contribution in [-0.4, -0.2) is 38.0 Å². The normalized spacial score (nSPS) is 32.2. The van der Waals surface area contributed by atoms with Crippen molar-refractivity contribution in [2.24, 2.45) is 5.41 Å². The molecule has 0 amide bonds. The number of aliphatic hydroxyl groups excluding tert-OH is 1. The van der Waals surface area contributed by atoms with Crippen molar-refractivity contribution < 1.29 is 9.84 Å².